The Balaban J connectivity index is 1.97. The van der Waals surface area contributed by atoms with Crippen LogP contribution in [0.3, 0.4) is 0 Å². The number of hydrogen-bond donors (Lipinski definition) is 1. The second kappa shape index (κ2) is 3.45. The highest BCUT2D eigenvalue weighted by molar-refractivity contribution is 8.14. The Bertz CT molecular complexity index is 281. The second-order valence-electron chi connectivity index (χ2n) is 2.60. The van der Waals surface area contributed by atoms with E-state index in [4.69, 9.17) is 5.73 Å². The zero-order valence-corrected chi connectivity index (χ0v) is 8.07. The molecule has 12 heavy (non-hydrogen) atoms. The first-order valence-electron chi connectivity index (χ1n) is 3.68. The summed E-state index contributed by atoms with van der Waals surface area (Å²) in [4.78, 5) is 9.61. The summed E-state index contributed by atoms with van der Waals surface area (Å²) >= 11 is 3.32. The monoisotopic (exact) mass is 199 g/mol. The van der Waals surface area contributed by atoms with Gasteiger partial charge in [-0.3, -0.25) is 9.98 Å². The zero-order valence-electron chi connectivity index (χ0n) is 6.43. The van der Waals surface area contributed by atoms with Crippen molar-refractivity contribution in [3.63, 3.8) is 0 Å². The van der Waals surface area contributed by atoms with Gasteiger partial charge in [-0.25, -0.2) is 0 Å². The Hall–Kier alpha value is -0.550. The molecule has 3 nitrogen and oxygen atoms in total. The highest BCUT2D eigenvalue weighted by atomic mass is 32.2. The van der Waals surface area contributed by atoms with Crippen molar-refractivity contribution in [1.82, 2.24) is 4.98 Å². The second-order valence-corrected chi connectivity index (χ2v) is 4.62. The van der Waals surface area contributed by atoms with Crippen molar-refractivity contribution in [2.45, 2.75) is 12.5 Å². The quantitative estimate of drug-likeness (QED) is 0.776. The van der Waals surface area contributed by atoms with Crippen LogP contribution in [-0.2, 0) is 6.42 Å². The summed E-state index contributed by atoms with van der Waals surface area (Å²) in [5.41, 5.74) is 7.41. The number of nitrogens with two attached hydrogens (primary N) is 1. The molecule has 0 saturated carbocycles. The number of aromatic nitrogens is 1. The highest BCUT2D eigenvalue weighted by Gasteiger charge is 2.16. The number of rotatable bonds is 2. The van der Waals surface area contributed by atoms with E-state index in [0.717, 1.165) is 17.3 Å². The predicted octanol–water partition coefficient (Wildman–Crippen LogP) is 1.12. The molecule has 64 valence electrons. The average Bonchev–Trinajstić information content (AvgIpc) is 2.63. The molecule has 2 heterocycles. The van der Waals surface area contributed by atoms with Gasteiger partial charge in [0.1, 0.15) is 0 Å². The van der Waals surface area contributed by atoms with E-state index in [0.29, 0.717) is 6.04 Å². The van der Waals surface area contributed by atoms with Gasteiger partial charge < -0.3 is 5.73 Å². The molecule has 2 N–H and O–H groups in total. The molecule has 0 radical (unpaired) electrons. The molecular formula is C7H9N3S2. The summed E-state index contributed by atoms with van der Waals surface area (Å²) in [6.45, 7) is 0. The SMILES string of the molecule is NC1=N[C@@H](Cc2cncs2)CS1. The third-order valence-corrected chi connectivity index (χ3v) is 3.41. The van der Waals surface area contributed by atoms with E-state index in [1.807, 2.05) is 11.7 Å². The third kappa shape index (κ3) is 1.78. The first-order chi connectivity index (χ1) is 5.84. The average molecular weight is 199 g/mol. The first kappa shape index (κ1) is 8.07. The summed E-state index contributed by atoms with van der Waals surface area (Å²) in [6.07, 6.45) is 2.89. The molecule has 1 aliphatic heterocycles. The summed E-state index contributed by atoms with van der Waals surface area (Å²) in [5, 5.41) is 0.726. The Morgan fingerprint density at radius 1 is 1.67 bits per heavy atom. The van der Waals surface area contributed by atoms with Gasteiger partial charge in [-0.05, 0) is 0 Å². The van der Waals surface area contributed by atoms with Crippen molar-refractivity contribution < 1.29 is 0 Å². The number of amidine groups is 1. The van der Waals surface area contributed by atoms with Crippen molar-refractivity contribution in [2.75, 3.05) is 5.75 Å². The van der Waals surface area contributed by atoms with Crippen LogP contribution in [0.2, 0.25) is 0 Å². The lowest BCUT2D eigenvalue weighted by atomic mass is 10.2. The van der Waals surface area contributed by atoms with Crippen LogP contribution in [0.5, 0.6) is 0 Å². The fraction of sp³-hybridized carbons (Fsp3) is 0.429. The van der Waals surface area contributed by atoms with Gasteiger partial charge in [-0.1, -0.05) is 11.8 Å². The van der Waals surface area contributed by atoms with Crippen LogP contribution in [0.1, 0.15) is 4.88 Å². The maximum absolute atomic E-state index is 5.55. The van der Waals surface area contributed by atoms with E-state index in [9.17, 15) is 0 Å². The zero-order chi connectivity index (χ0) is 8.39. The highest BCUT2D eigenvalue weighted by Crippen LogP contribution is 2.19. The van der Waals surface area contributed by atoms with Gasteiger partial charge in [0.25, 0.3) is 0 Å². The van der Waals surface area contributed by atoms with Gasteiger partial charge in [0, 0.05) is 23.2 Å². The lowest BCUT2D eigenvalue weighted by Crippen LogP contribution is -2.07. The molecule has 0 aromatic carbocycles. The molecule has 0 bridgehead atoms. The Morgan fingerprint density at radius 2 is 2.58 bits per heavy atom. The number of thioether (sulfide) groups is 1. The van der Waals surface area contributed by atoms with E-state index < -0.39 is 0 Å². The van der Waals surface area contributed by atoms with E-state index in [-0.39, 0.29) is 0 Å². The van der Waals surface area contributed by atoms with Gasteiger partial charge in [-0.15, -0.1) is 11.3 Å². The molecule has 5 heteroatoms. The lowest BCUT2D eigenvalue weighted by Gasteiger charge is -2.00. The van der Waals surface area contributed by atoms with Crippen molar-refractivity contribution in [2.24, 2.45) is 10.7 Å². The Morgan fingerprint density at radius 3 is 3.17 bits per heavy atom. The maximum Gasteiger partial charge on any atom is 0.154 e. The van der Waals surface area contributed by atoms with Gasteiger partial charge >= 0.3 is 0 Å². The van der Waals surface area contributed by atoms with Crippen LogP contribution >= 0.6 is 23.1 Å². The van der Waals surface area contributed by atoms with Crippen molar-refractivity contribution >= 4 is 28.3 Å². The summed E-state index contributed by atoms with van der Waals surface area (Å²) in [6, 6.07) is 0.371. The van der Waals surface area contributed by atoms with Crippen LogP contribution < -0.4 is 5.73 Å². The molecule has 0 spiro atoms. The number of hydrogen-bond acceptors (Lipinski definition) is 5. The lowest BCUT2D eigenvalue weighted by molar-refractivity contribution is 0.770. The molecule has 0 unspecified atom stereocenters. The smallest absolute Gasteiger partial charge is 0.154 e. The maximum atomic E-state index is 5.55. The fourth-order valence-electron chi connectivity index (χ4n) is 1.12. The third-order valence-electron chi connectivity index (χ3n) is 1.65. The number of aliphatic imine (C=N–C) groups is 1. The van der Waals surface area contributed by atoms with Crippen LogP contribution in [0.15, 0.2) is 16.7 Å². The van der Waals surface area contributed by atoms with Crippen molar-refractivity contribution in [3.8, 4) is 0 Å². The van der Waals surface area contributed by atoms with Gasteiger partial charge in [0.15, 0.2) is 5.17 Å². The molecule has 1 aromatic rings. The molecule has 1 aliphatic rings. The van der Waals surface area contributed by atoms with Gasteiger partial charge in [0.05, 0.1) is 11.6 Å². The molecule has 1 atom stereocenters. The molecule has 1 aromatic heterocycles. The molecule has 0 aliphatic carbocycles. The molecule has 2 rings (SSSR count). The number of thiazole rings is 1. The topological polar surface area (TPSA) is 51.3 Å². The van der Waals surface area contributed by atoms with Gasteiger partial charge in [-0.2, -0.15) is 0 Å². The fourth-order valence-corrected chi connectivity index (χ4v) is 2.56. The summed E-state index contributed by atoms with van der Waals surface area (Å²) < 4.78 is 0. The van der Waals surface area contributed by atoms with Gasteiger partial charge in [0.2, 0.25) is 0 Å². The molecular weight excluding hydrogens is 190 g/mol. The minimum Gasteiger partial charge on any atom is -0.379 e. The van der Waals surface area contributed by atoms with Crippen LogP contribution in [0.25, 0.3) is 0 Å². The van der Waals surface area contributed by atoms with E-state index in [2.05, 4.69) is 9.98 Å². The van der Waals surface area contributed by atoms with Crippen molar-refractivity contribution in [1.29, 1.82) is 0 Å². The Kier molecular flexibility index (Phi) is 2.32. The van der Waals surface area contributed by atoms with Crippen LogP contribution in [0, 0.1) is 0 Å². The molecule has 0 fully saturated rings. The van der Waals surface area contributed by atoms with E-state index in [1.165, 1.54) is 4.88 Å². The summed E-state index contributed by atoms with van der Waals surface area (Å²) in [7, 11) is 0. The standard InChI is InChI=1S/C7H9N3S2/c8-7-10-5(3-11-7)1-6-2-9-4-12-6/h2,4-5H,1,3H2,(H2,8,10)/t5-/m0/s1. The Labute approximate surface area is 79.1 Å². The largest absolute Gasteiger partial charge is 0.379 e. The number of nitrogens with zero attached hydrogens (tertiary/aromatic N) is 2. The van der Waals surface area contributed by atoms with Crippen molar-refractivity contribution in [3.05, 3.63) is 16.6 Å². The van der Waals surface area contributed by atoms with E-state index in [1.54, 1.807) is 23.1 Å². The predicted molar refractivity (Wildman–Crippen MR) is 53.7 cm³/mol. The molecule has 0 amide bonds. The van der Waals surface area contributed by atoms with E-state index >= 15 is 0 Å². The minimum absolute atomic E-state index is 0.371. The first-order valence-corrected chi connectivity index (χ1v) is 5.54. The minimum atomic E-state index is 0.371. The van der Waals surface area contributed by atoms with Crippen LogP contribution in [-0.4, -0.2) is 21.9 Å². The van der Waals surface area contributed by atoms with Crippen LogP contribution in [0.4, 0.5) is 0 Å². The normalized spacial score (nSPS) is 22.7. The molecule has 0 saturated heterocycles. The summed E-state index contributed by atoms with van der Waals surface area (Å²) in [5.74, 6) is 1.02.